The van der Waals surface area contributed by atoms with Crippen LogP contribution in [0.4, 0.5) is 0 Å². The van der Waals surface area contributed by atoms with Crippen molar-refractivity contribution in [1.82, 2.24) is 14.4 Å². The van der Waals surface area contributed by atoms with E-state index in [9.17, 15) is 9.59 Å². The van der Waals surface area contributed by atoms with E-state index in [0.717, 1.165) is 51.3 Å². The number of hydrogen-bond donors (Lipinski definition) is 0. The number of carbonyl (C=O) groups is 1. The molecular weight excluding hydrogens is 378 g/mol. The molecule has 1 aromatic heterocycles. The molecule has 1 fully saturated rings. The van der Waals surface area contributed by atoms with Gasteiger partial charge in [-0.2, -0.15) is 0 Å². The van der Waals surface area contributed by atoms with E-state index in [1.54, 1.807) is 4.57 Å². The molecule has 160 valence electrons. The number of likely N-dealkylation sites (tertiary alicyclic amines) is 1. The van der Waals surface area contributed by atoms with Crippen molar-refractivity contribution in [2.24, 2.45) is 0 Å². The van der Waals surface area contributed by atoms with Crippen LogP contribution in [0, 0.1) is 13.8 Å². The standard InChI is InChI=1S/C24H31N3O3/c1-17-12-18(2)14-19(13-17)16-25-9-6-20-23(24(29)26-7-4-5-8-26)21(30-3)15-22(28)27(20)11-10-25/h12-15H,4-11,16H2,1-3H3. The summed E-state index contributed by atoms with van der Waals surface area (Å²) in [4.78, 5) is 30.3. The summed E-state index contributed by atoms with van der Waals surface area (Å²) >= 11 is 0. The van der Waals surface area contributed by atoms with Crippen LogP contribution in [0.2, 0.25) is 0 Å². The van der Waals surface area contributed by atoms with Crippen molar-refractivity contribution in [3.8, 4) is 5.75 Å². The second-order valence-electron chi connectivity index (χ2n) is 8.55. The highest BCUT2D eigenvalue weighted by atomic mass is 16.5. The molecule has 0 bridgehead atoms. The van der Waals surface area contributed by atoms with E-state index in [2.05, 4.69) is 36.9 Å². The molecule has 30 heavy (non-hydrogen) atoms. The predicted molar refractivity (Wildman–Crippen MR) is 117 cm³/mol. The summed E-state index contributed by atoms with van der Waals surface area (Å²) in [5.74, 6) is 0.404. The van der Waals surface area contributed by atoms with E-state index in [4.69, 9.17) is 4.74 Å². The van der Waals surface area contributed by atoms with Gasteiger partial charge in [0.2, 0.25) is 0 Å². The first-order chi connectivity index (χ1) is 14.5. The van der Waals surface area contributed by atoms with Crippen molar-refractivity contribution >= 4 is 5.91 Å². The van der Waals surface area contributed by atoms with Gasteiger partial charge in [-0.25, -0.2) is 0 Å². The number of amides is 1. The molecule has 6 heteroatoms. The molecule has 0 saturated carbocycles. The van der Waals surface area contributed by atoms with Gasteiger partial charge in [0.15, 0.2) is 0 Å². The predicted octanol–water partition coefficient (Wildman–Crippen LogP) is 2.77. The van der Waals surface area contributed by atoms with Crippen molar-refractivity contribution in [2.75, 3.05) is 33.3 Å². The Kier molecular flexibility index (Phi) is 5.95. The highest BCUT2D eigenvalue weighted by Crippen LogP contribution is 2.26. The minimum atomic E-state index is -0.0897. The fourth-order valence-electron chi connectivity index (χ4n) is 4.84. The van der Waals surface area contributed by atoms with Gasteiger partial charge >= 0.3 is 0 Å². The number of hydrogen-bond acceptors (Lipinski definition) is 4. The largest absolute Gasteiger partial charge is 0.496 e. The Hall–Kier alpha value is -2.60. The smallest absolute Gasteiger partial charge is 0.259 e. The Morgan fingerprint density at radius 2 is 1.67 bits per heavy atom. The zero-order chi connectivity index (χ0) is 21.3. The number of benzene rings is 1. The summed E-state index contributed by atoms with van der Waals surface area (Å²) in [6, 6.07) is 8.11. The third kappa shape index (κ3) is 4.15. The van der Waals surface area contributed by atoms with Gasteiger partial charge in [0, 0.05) is 57.4 Å². The van der Waals surface area contributed by atoms with E-state index in [-0.39, 0.29) is 11.5 Å². The Morgan fingerprint density at radius 1 is 0.967 bits per heavy atom. The minimum Gasteiger partial charge on any atom is -0.496 e. The van der Waals surface area contributed by atoms with E-state index in [0.29, 0.717) is 24.3 Å². The lowest BCUT2D eigenvalue weighted by atomic mass is 10.1. The molecular formula is C24H31N3O3. The van der Waals surface area contributed by atoms with E-state index in [1.165, 1.54) is 29.9 Å². The van der Waals surface area contributed by atoms with Crippen LogP contribution in [0.25, 0.3) is 0 Å². The van der Waals surface area contributed by atoms with Crippen LogP contribution in [0.15, 0.2) is 29.1 Å². The van der Waals surface area contributed by atoms with E-state index < -0.39 is 0 Å². The second-order valence-corrected chi connectivity index (χ2v) is 8.55. The number of carbonyl (C=O) groups excluding carboxylic acids is 1. The summed E-state index contributed by atoms with van der Waals surface area (Å²) in [7, 11) is 1.54. The lowest BCUT2D eigenvalue weighted by molar-refractivity contribution is 0.0787. The number of rotatable bonds is 4. The van der Waals surface area contributed by atoms with Crippen LogP contribution < -0.4 is 10.3 Å². The first-order valence-electron chi connectivity index (χ1n) is 10.9. The minimum absolute atomic E-state index is 0.00383. The van der Waals surface area contributed by atoms with Gasteiger partial charge in [0.25, 0.3) is 11.5 Å². The Morgan fingerprint density at radius 3 is 2.33 bits per heavy atom. The monoisotopic (exact) mass is 409 g/mol. The maximum Gasteiger partial charge on any atom is 0.259 e. The number of aryl methyl sites for hydroxylation is 2. The molecule has 4 rings (SSSR count). The van der Waals surface area contributed by atoms with Crippen molar-refractivity contribution in [2.45, 2.75) is 46.2 Å². The van der Waals surface area contributed by atoms with Gasteiger partial charge in [-0.3, -0.25) is 14.5 Å². The first kappa shape index (κ1) is 20.7. The number of aromatic nitrogens is 1. The van der Waals surface area contributed by atoms with Gasteiger partial charge in [-0.15, -0.1) is 0 Å². The topological polar surface area (TPSA) is 54.8 Å². The fourth-order valence-corrected chi connectivity index (χ4v) is 4.84. The molecule has 1 saturated heterocycles. The molecule has 1 amide bonds. The quantitative estimate of drug-likeness (QED) is 0.779. The van der Waals surface area contributed by atoms with Crippen LogP contribution in [0.1, 0.15) is 45.6 Å². The summed E-state index contributed by atoms with van der Waals surface area (Å²) in [5, 5.41) is 0. The maximum atomic E-state index is 13.3. The van der Waals surface area contributed by atoms with Gasteiger partial charge in [0.1, 0.15) is 11.3 Å². The molecule has 2 aromatic rings. The third-order valence-electron chi connectivity index (χ3n) is 6.20. The van der Waals surface area contributed by atoms with Crippen LogP contribution in [-0.4, -0.2) is 53.6 Å². The fraction of sp³-hybridized carbons (Fsp3) is 0.500. The Balaban J connectivity index is 1.63. The first-order valence-corrected chi connectivity index (χ1v) is 10.9. The zero-order valence-corrected chi connectivity index (χ0v) is 18.2. The molecule has 0 spiro atoms. The molecule has 2 aliphatic rings. The Bertz CT molecular complexity index is 985. The second kappa shape index (κ2) is 8.64. The molecule has 2 aliphatic heterocycles. The highest BCUT2D eigenvalue weighted by Gasteiger charge is 2.29. The van der Waals surface area contributed by atoms with Crippen LogP contribution in [0.3, 0.4) is 0 Å². The lowest BCUT2D eigenvalue weighted by Gasteiger charge is -2.21. The van der Waals surface area contributed by atoms with Gasteiger partial charge in [0.05, 0.1) is 7.11 Å². The zero-order valence-electron chi connectivity index (χ0n) is 18.2. The van der Waals surface area contributed by atoms with E-state index >= 15 is 0 Å². The normalized spacial score (nSPS) is 17.0. The van der Waals surface area contributed by atoms with Crippen molar-refractivity contribution < 1.29 is 9.53 Å². The molecule has 0 radical (unpaired) electrons. The molecule has 0 unspecified atom stereocenters. The summed E-state index contributed by atoms with van der Waals surface area (Å²) in [6.45, 7) is 8.82. The molecule has 1 aromatic carbocycles. The van der Waals surface area contributed by atoms with Gasteiger partial charge in [-0.1, -0.05) is 29.3 Å². The number of fused-ring (bicyclic) bond motifs is 1. The highest BCUT2D eigenvalue weighted by molar-refractivity contribution is 5.98. The molecule has 0 N–H and O–H groups in total. The molecule has 0 aliphatic carbocycles. The summed E-state index contributed by atoms with van der Waals surface area (Å²) in [6.07, 6.45) is 2.73. The SMILES string of the molecule is COc1cc(=O)n2c(c1C(=O)N1CCCC1)CCN(Cc1cc(C)cc(C)c1)CC2. The summed E-state index contributed by atoms with van der Waals surface area (Å²) < 4.78 is 7.27. The van der Waals surface area contributed by atoms with Crippen molar-refractivity contribution in [3.05, 3.63) is 62.6 Å². The number of methoxy groups -OCH3 is 1. The van der Waals surface area contributed by atoms with Crippen molar-refractivity contribution in [1.29, 1.82) is 0 Å². The third-order valence-corrected chi connectivity index (χ3v) is 6.20. The summed E-state index contributed by atoms with van der Waals surface area (Å²) in [5.41, 5.74) is 5.13. The number of ether oxygens (including phenoxy) is 1. The van der Waals surface area contributed by atoms with Crippen LogP contribution in [0.5, 0.6) is 5.75 Å². The number of nitrogens with zero attached hydrogens (tertiary/aromatic N) is 3. The molecule has 3 heterocycles. The van der Waals surface area contributed by atoms with Gasteiger partial charge in [-0.05, 0) is 32.3 Å². The van der Waals surface area contributed by atoms with Crippen molar-refractivity contribution in [3.63, 3.8) is 0 Å². The average Bonchev–Trinajstić information content (AvgIpc) is 3.16. The van der Waals surface area contributed by atoms with Crippen LogP contribution >= 0.6 is 0 Å². The lowest BCUT2D eigenvalue weighted by Crippen LogP contribution is -2.33. The molecule has 6 nitrogen and oxygen atoms in total. The maximum absolute atomic E-state index is 13.3. The average molecular weight is 410 g/mol. The van der Waals surface area contributed by atoms with Crippen LogP contribution in [-0.2, 0) is 19.5 Å². The van der Waals surface area contributed by atoms with E-state index in [1.807, 2.05) is 4.90 Å². The Labute approximate surface area is 178 Å². The van der Waals surface area contributed by atoms with Gasteiger partial charge < -0.3 is 14.2 Å². The molecule has 0 atom stereocenters. The number of pyridine rings is 1.